The fourth-order valence-electron chi connectivity index (χ4n) is 2.21. The first kappa shape index (κ1) is 12.4. The first-order valence-corrected chi connectivity index (χ1v) is 7.17. The largest absolute Gasteiger partial charge is 0.468 e. The van der Waals surface area contributed by atoms with Crippen molar-refractivity contribution in [3.63, 3.8) is 0 Å². The lowest BCUT2D eigenvalue weighted by Gasteiger charge is -2.11. The lowest BCUT2D eigenvalue weighted by Crippen LogP contribution is -2.19. The molecule has 0 radical (unpaired) electrons. The maximum absolute atomic E-state index is 5.40. The van der Waals surface area contributed by atoms with Gasteiger partial charge < -0.3 is 9.73 Å². The summed E-state index contributed by atoms with van der Waals surface area (Å²) in [6.07, 6.45) is 3.85. The van der Waals surface area contributed by atoms with E-state index in [9.17, 15) is 0 Å². The fourth-order valence-corrected chi connectivity index (χ4v) is 3.10. The molecule has 3 aromatic heterocycles. The number of thiazole rings is 1. The molecule has 0 saturated heterocycles. The van der Waals surface area contributed by atoms with Crippen molar-refractivity contribution in [1.29, 1.82) is 0 Å². The third kappa shape index (κ3) is 2.31. The average Bonchev–Trinajstić information content (AvgIpc) is 3.03. The molecular formula is C14H17N3OS. The molecule has 100 valence electrons. The van der Waals surface area contributed by atoms with Gasteiger partial charge in [-0.25, -0.2) is 4.98 Å². The number of aryl methyl sites for hydroxylation is 2. The summed E-state index contributed by atoms with van der Waals surface area (Å²) in [6, 6.07) is 4.10. The zero-order valence-electron chi connectivity index (χ0n) is 11.3. The van der Waals surface area contributed by atoms with Crippen molar-refractivity contribution < 1.29 is 4.42 Å². The second kappa shape index (κ2) is 4.83. The highest BCUT2D eigenvalue weighted by molar-refractivity contribution is 7.17. The molecule has 0 aromatic carbocycles. The van der Waals surface area contributed by atoms with Crippen LogP contribution in [0.25, 0.3) is 4.96 Å². The molecule has 1 atom stereocenters. The SMILES string of the molecule is Cc1cn2c(CNC(C)c3ccco3)c(C)nc2s1. The second-order valence-corrected chi connectivity index (χ2v) is 5.97. The van der Waals surface area contributed by atoms with Gasteiger partial charge >= 0.3 is 0 Å². The molecule has 0 aliphatic rings. The Morgan fingerprint density at radius 2 is 2.32 bits per heavy atom. The van der Waals surface area contributed by atoms with E-state index in [0.717, 1.165) is 23.0 Å². The van der Waals surface area contributed by atoms with E-state index in [1.807, 2.05) is 12.1 Å². The maximum atomic E-state index is 5.40. The van der Waals surface area contributed by atoms with Gasteiger partial charge in [-0.1, -0.05) is 0 Å². The Morgan fingerprint density at radius 3 is 3.05 bits per heavy atom. The van der Waals surface area contributed by atoms with E-state index < -0.39 is 0 Å². The van der Waals surface area contributed by atoms with Gasteiger partial charge in [0.1, 0.15) is 5.76 Å². The molecule has 0 saturated carbocycles. The first-order valence-electron chi connectivity index (χ1n) is 6.36. The molecule has 0 spiro atoms. The van der Waals surface area contributed by atoms with Crippen molar-refractivity contribution in [1.82, 2.24) is 14.7 Å². The number of rotatable bonds is 4. The van der Waals surface area contributed by atoms with E-state index in [-0.39, 0.29) is 6.04 Å². The molecule has 3 heterocycles. The summed E-state index contributed by atoms with van der Waals surface area (Å²) < 4.78 is 7.58. The second-order valence-electron chi connectivity index (χ2n) is 4.76. The van der Waals surface area contributed by atoms with Gasteiger partial charge in [-0.2, -0.15) is 0 Å². The normalized spacial score (nSPS) is 13.2. The lowest BCUT2D eigenvalue weighted by atomic mass is 10.2. The summed E-state index contributed by atoms with van der Waals surface area (Å²) in [5.41, 5.74) is 2.31. The van der Waals surface area contributed by atoms with Crippen LogP contribution in [-0.4, -0.2) is 9.38 Å². The summed E-state index contributed by atoms with van der Waals surface area (Å²) >= 11 is 1.72. The lowest BCUT2D eigenvalue weighted by molar-refractivity contribution is 0.428. The van der Waals surface area contributed by atoms with E-state index in [1.165, 1.54) is 10.6 Å². The number of hydrogen-bond acceptors (Lipinski definition) is 4. The summed E-state index contributed by atoms with van der Waals surface area (Å²) in [6.45, 7) is 7.05. The van der Waals surface area contributed by atoms with Crippen molar-refractivity contribution in [2.45, 2.75) is 33.4 Å². The highest BCUT2D eigenvalue weighted by Crippen LogP contribution is 2.21. The van der Waals surface area contributed by atoms with Crippen molar-refractivity contribution in [2.75, 3.05) is 0 Å². The maximum Gasteiger partial charge on any atom is 0.194 e. The summed E-state index contributed by atoms with van der Waals surface area (Å²) in [7, 11) is 0. The van der Waals surface area contributed by atoms with E-state index >= 15 is 0 Å². The zero-order valence-corrected chi connectivity index (χ0v) is 12.1. The van der Waals surface area contributed by atoms with Crippen LogP contribution in [0.5, 0.6) is 0 Å². The van der Waals surface area contributed by atoms with Crippen LogP contribution in [0.3, 0.4) is 0 Å². The minimum absolute atomic E-state index is 0.194. The molecule has 0 aliphatic carbocycles. The van der Waals surface area contributed by atoms with E-state index in [1.54, 1.807) is 17.6 Å². The third-order valence-corrected chi connectivity index (χ3v) is 4.18. The van der Waals surface area contributed by atoms with Crippen LogP contribution in [0.15, 0.2) is 29.0 Å². The highest BCUT2D eigenvalue weighted by atomic mass is 32.1. The van der Waals surface area contributed by atoms with Gasteiger partial charge in [-0.15, -0.1) is 11.3 Å². The van der Waals surface area contributed by atoms with E-state index in [0.29, 0.717) is 0 Å². The number of hydrogen-bond donors (Lipinski definition) is 1. The van der Waals surface area contributed by atoms with Crippen molar-refractivity contribution in [3.8, 4) is 0 Å². The summed E-state index contributed by atoms with van der Waals surface area (Å²) in [5, 5.41) is 3.48. The fraction of sp³-hybridized carbons (Fsp3) is 0.357. The van der Waals surface area contributed by atoms with Crippen LogP contribution in [0.1, 0.15) is 35.0 Å². The molecule has 3 rings (SSSR count). The van der Waals surface area contributed by atoms with Crippen LogP contribution in [0.4, 0.5) is 0 Å². The Bertz CT molecular complexity index is 681. The van der Waals surface area contributed by atoms with Crippen molar-refractivity contribution in [2.24, 2.45) is 0 Å². The van der Waals surface area contributed by atoms with E-state index in [2.05, 4.69) is 41.7 Å². The van der Waals surface area contributed by atoms with Gasteiger partial charge in [0.15, 0.2) is 4.96 Å². The van der Waals surface area contributed by atoms with Gasteiger partial charge in [0.25, 0.3) is 0 Å². The predicted molar refractivity (Wildman–Crippen MR) is 76.5 cm³/mol. The standard InChI is InChI=1S/C14H17N3OS/c1-9-8-17-12(10(2)16-14(17)19-9)7-15-11(3)13-5-4-6-18-13/h4-6,8,11,15H,7H2,1-3H3. The Morgan fingerprint density at radius 1 is 1.47 bits per heavy atom. The minimum Gasteiger partial charge on any atom is -0.468 e. The molecule has 1 unspecified atom stereocenters. The van der Waals surface area contributed by atoms with Crippen LogP contribution in [0.2, 0.25) is 0 Å². The Kier molecular flexibility index (Phi) is 3.16. The average molecular weight is 275 g/mol. The zero-order chi connectivity index (χ0) is 13.4. The van der Waals surface area contributed by atoms with Gasteiger partial charge in [-0.05, 0) is 32.9 Å². The quantitative estimate of drug-likeness (QED) is 0.793. The Balaban J connectivity index is 1.79. The molecular weight excluding hydrogens is 258 g/mol. The molecule has 4 nitrogen and oxygen atoms in total. The number of imidazole rings is 1. The first-order chi connectivity index (χ1) is 9.15. The number of nitrogens with one attached hydrogen (secondary N) is 1. The third-order valence-electron chi connectivity index (χ3n) is 3.29. The summed E-state index contributed by atoms with van der Waals surface area (Å²) in [5.74, 6) is 0.958. The molecule has 0 aliphatic heterocycles. The highest BCUT2D eigenvalue weighted by Gasteiger charge is 2.13. The van der Waals surface area contributed by atoms with Crippen molar-refractivity contribution in [3.05, 3.63) is 46.6 Å². The van der Waals surface area contributed by atoms with Crippen LogP contribution >= 0.6 is 11.3 Å². The Labute approximate surface area is 116 Å². The summed E-state index contributed by atoms with van der Waals surface area (Å²) in [4.78, 5) is 6.94. The van der Waals surface area contributed by atoms with Gasteiger partial charge in [0, 0.05) is 17.6 Å². The number of furan rings is 1. The molecule has 0 amide bonds. The molecule has 5 heteroatoms. The van der Waals surface area contributed by atoms with Crippen LogP contribution < -0.4 is 5.32 Å². The van der Waals surface area contributed by atoms with Gasteiger partial charge in [-0.3, -0.25) is 4.40 Å². The number of aromatic nitrogens is 2. The Hall–Kier alpha value is -1.59. The minimum atomic E-state index is 0.194. The molecule has 3 aromatic rings. The van der Waals surface area contributed by atoms with Crippen LogP contribution in [0, 0.1) is 13.8 Å². The van der Waals surface area contributed by atoms with Gasteiger partial charge in [0.05, 0.1) is 23.7 Å². The van der Waals surface area contributed by atoms with Crippen LogP contribution in [-0.2, 0) is 6.54 Å². The predicted octanol–water partition coefficient (Wildman–Crippen LogP) is 3.46. The van der Waals surface area contributed by atoms with E-state index in [4.69, 9.17) is 4.42 Å². The molecule has 0 bridgehead atoms. The molecule has 19 heavy (non-hydrogen) atoms. The molecule has 1 N–H and O–H groups in total. The van der Waals surface area contributed by atoms with Crippen molar-refractivity contribution >= 4 is 16.3 Å². The smallest absolute Gasteiger partial charge is 0.194 e. The number of fused-ring (bicyclic) bond motifs is 1. The molecule has 0 fully saturated rings. The monoisotopic (exact) mass is 275 g/mol. The number of nitrogens with zero attached hydrogens (tertiary/aromatic N) is 2. The topological polar surface area (TPSA) is 42.5 Å². The van der Waals surface area contributed by atoms with Gasteiger partial charge in [0.2, 0.25) is 0 Å².